The van der Waals surface area contributed by atoms with Crippen LogP contribution in [-0.4, -0.2) is 33.7 Å². The third kappa shape index (κ3) is 3.03. The molecule has 126 valence electrons. The van der Waals surface area contributed by atoms with Gasteiger partial charge in [0.15, 0.2) is 0 Å². The molecule has 2 aliphatic rings. The fourth-order valence-electron chi connectivity index (χ4n) is 4.08. The SMILES string of the molecule is Cn1cc(CNc2ccc(C(=O)N3C[C@H]4CCC[C@H]4C3)cc2)cn1. The van der Waals surface area contributed by atoms with Crippen molar-refractivity contribution < 1.29 is 4.79 Å². The third-order valence-electron chi connectivity index (χ3n) is 5.40. The van der Waals surface area contributed by atoms with Crippen molar-refractivity contribution in [1.82, 2.24) is 14.7 Å². The molecule has 1 aromatic carbocycles. The lowest BCUT2D eigenvalue weighted by atomic mass is 10.0. The van der Waals surface area contributed by atoms with E-state index in [-0.39, 0.29) is 5.91 Å². The molecule has 0 spiro atoms. The maximum absolute atomic E-state index is 12.7. The number of aryl methyl sites for hydroxylation is 1. The Labute approximate surface area is 142 Å². The Hall–Kier alpha value is -2.30. The molecule has 2 aromatic rings. The van der Waals surface area contributed by atoms with Crippen molar-refractivity contribution in [2.75, 3.05) is 18.4 Å². The van der Waals surface area contributed by atoms with Gasteiger partial charge in [-0.2, -0.15) is 5.10 Å². The summed E-state index contributed by atoms with van der Waals surface area (Å²) in [5.41, 5.74) is 2.96. The number of fused-ring (bicyclic) bond motifs is 1. The van der Waals surface area contributed by atoms with E-state index in [1.54, 1.807) is 4.68 Å². The van der Waals surface area contributed by atoms with Crippen LogP contribution in [0.3, 0.4) is 0 Å². The molecule has 0 bridgehead atoms. The van der Waals surface area contributed by atoms with Crippen molar-refractivity contribution in [1.29, 1.82) is 0 Å². The van der Waals surface area contributed by atoms with Crippen molar-refractivity contribution in [2.45, 2.75) is 25.8 Å². The largest absolute Gasteiger partial charge is 0.381 e. The number of carbonyl (C=O) groups is 1. The number of carbonyl (C=O) groups excluding carboxylic acids is 1. The number of aromatic nitrogens is 2. The number of hydrogen-bond donors (Lipinski definition) is 1. The first kappa shape index (κ1) is 15.2. The number of nitrogens with one attached hydrogen (secondary N) is 1. The van der Waals surface area contributed by atoms with Crippen LogP contribution in [0.1, 0.15) is 35.2 Å². The van der Waals surface area contributed by atoms with E-state index >= 15 is 0 Å². The van der Waals surface area contributed by atoms with E-state index < -0.39 is 0 Å². The van der Waals surface area contributed by atoms with Crippen LogP contribution in [0.25, 0.3) is 0 Å². The normalized spacial score (nSPS) is 22.6. The number of likely N-dealkylation sites (tertiary alicyclic amines) is 1. The summed E-state index contributed by atoms with van der Waals surface area (Å²) < 4.78 is 1.80. The second kappa shape index (κ2) is 6.30. The smallest absolute Gasteiger partial charge is 0.253 e. The zero-order valence-corrected chi connectivity index (χ0v) is 14.1. The minimum atomic E-state index is 0.184. The van der Waals surface area contributed by atoms with Crippen LogP contribution in [0.5, 0.6) is 0 Å². The van der Waals surface area contributed by atoms with Crippen molar-refractivity contribution >= 4 is 11.6 Å². The average Bonchev–Trinajstić information content (AvgIpc) is 3.28. The van der Waals surface area contributed by atoms with E-state index in [1.807, 2.05) is 48.6 Å². The fraction of sp³-hybridized carbons (Fsp3) is 0.474. The molecule has 2 heterocycles. The molecule has 1 aromatic heterocycles. The highest BCUT2D eigenvalue weighted by Crippen LogP contribution is 2.38. The molecule has 5 nitrogen and oxygen atoms in total. The minimum Gasteiger partial charge on any atom is -0.381 e. The second-order valence-corrected chi connectivity index (χ2v) is 7.11. The quantitative estimate of drug-likeness (QED) is 0.941. The van der Waals surface area contributed by atoms with Crippen LogP contribution < -0.4 is 5.32 Å². The Bertz CT molecular complexity index is 709. The molecule has 2 fully saturated rings. The first-order valence-electron chi connectivity index (χ1n) is 8.80. The Morgan fingerprint density at radius 3 is 2.54 bits per heavy atom. The predicted molar refractivity (Wildman–Crippen MR) is 93.7 cm³/mol. The highest BCUT2D eigenvalue weighted by molar-refractivity contribution is 5.94. The molecule has 1 aliphatic carbocycles. The van der Waals surface area contributed by atoms with Gasteiger partial charge in [0, 0.05) is 49.7 Å². The van der Waals surface area contributed by atoms with Gasteiger partial charge in [-0.25, -0.2) is 0 Å². The molecule has 5 heteroatoms. The van der Waals surface area contributed by atoms with E-state index in [0.717, 1.165) is 48.3 Å². The summed E-state index contributed by atoms with van der Waals surface area (Å²) in [4.78, 5) is 14.7. The van der Waals surface area contributed by atoms with Gasteiger partial charge < -0.3 is 10.2 Å². The lowest BCUT2D eigenvalue weighted by Crippen LogP contribution is -2.29. The van der Waals surface area contributed by atoms with Crippen molar-refractivity contribution in [3.63, 3.8) is 0 Å². The van der Waals surface area contributed by atoms with Gasteiger partial charge in [0.25, 0.3) is 5.91 Å². The first-order valence-corrected chi connectivity index (χ1v) is 8.80. The molecule has 1 N–H and O–H groups in total. The lowest BCUT2D eigenvalue weighted by molar-refractivity contribution is 0.0780. The van der Waals surface area contributed by atoms with E-state index in [1.165, 1.54) is 19.3 Å². The summed E-state index contributed by atoms with van der Waals surface area (Å²) in [5, 5.41) is 7.52. The van der Waals surface area contributed by atoms with Crippen LogP contribution in [0.2, 0.25) is 0 Å². The van der Waals surface area contributed by atoms with Gasteiger partial charge in [-0.15, -0.1) is 0 Å². The van der Waals surface area contributed by atoms with Crippen molar-refractivity contribution in [3.8, 4) is 0 Å². The number of anilines is 1. The zero-order valence-electron chi connectivity index (χ0n) is 14.1. The molecule has 0 unspecified atom stereocenters. The first-order chi connectivity index (χ1) is 11.7. The maximum Gasteiger partial charge on any atom is 0.253 e. The van der Waals surface area contributed by atoms with Gasteiger partial charge in [0.05, 0.1) is 6.20 Å². The van der Waals surface area contributed by atoms with Gasteiger partial charge in [0.2, 0.25) is 0 Å². The van der Waals surface area contributed by atoms with Crippen LogP contribution in [-0.2, 0) is 13.6 Å². The molecule has 1 aliphatic heterocycles. The van der Waals surface area contributed by atoms with Crippen LogP contribution in [0.15, 0.2) is 36.7 Å². The van der Waals surface area contributed by atoms with E-state index in [2.05, 4.69) is 10.4 Å². The van der Waals surface area contributed by atoms with Gasteiger partial charge in [-0.3, -0.25) is 9.48 Å². The summed E-state index contributed by atoms with van der Waals surface area (Å²) in [6, 6.07) is 7.84. The number of nitrogens with zero attached hydrogens (tertiary/aromatic N) is 3. The van der Waals surface area contributed by atoms with Crippen LogP contribution in [0, 0.1) is 11.8 Å². The highest BCUT2D eigenvalue weighted by Gasteiger charge is 2.38. The third-order valence-corrected chi connectivity index (χ3v) is 5.40. The predicted octanol–water partition coefficient (Wildman–Crippen LogP) is 2.90. The lowest BCUT2D eigenvalue weighted by Gasteiger charge is -2.17. The minimum absolute atomic E-state index is 0.184. The number of hydrogen-bond acceptors (Lipinski definition) is 3. The summed E-state index contributed by atoms with van der Waals surface area (Å²) in [6.07, 6.45) is 7.79. The second-order valence-electron chi connectivity index (χ2n) is 7.11. The van der Waals surface area contributed by atoms with Crippen molar-refractivity contribution in [2.24, 2.45) is 18.9 Å². The summed E-state index contributed by atoms with van der Waals surface area (Å²) >= 11 is 0. The molecular weight excluding hydrogens is 300 g/mol. The molecule has 4 rings (SSSR count). The standard InChI is InChI=1S/C19H24N4O/c1-22-11-14(10-21-22)9-20-18-7-5-15(6-8-18)19(24)23-12-16-3-2-4-17(16)13-23/h5-8,10-11,16-17,20H,2-4,9,12-13H2,1H3/t16-,17+. The van der Waals surface area contributed by atoms with Gasteiger partial charge in [0.1, 0.15) is 0 Å². The molecule has 24 heavy (non-hydrogen) atoms. The van der Waals surface area contributed by atoms with E-state index in [4.69, 9.17) is 0 Å². The summed E-state index contributed by atoms with van der Waals surface area (Å²) in [6.45, 7) is 2.63. The molecule has 1 amide bonds. The number of rotatable bonds is 4. The Morgan fingerprint density at radius 2 is 1.92 bits per heavy atom. The molecule has 2 atom stereocenters. The molecule has 1 saturated carbocycles. The monoisotopic (exact) mass is 324 g/mol. The zero-order chi connectivity index (χ0) is 16.5. The van der Waals surface area contributed by atoms with Crippen LogP contribution >= 0.6 is 0 Å². The molecule has 1 saturated heterocycles. The Morgan fingerprint density at radius 1 is 1.21 bits per heavy atom. The fourth-order valence-corrected chi connectivity index (χ4v) is 4.08. The van der Waals surface area contributed by atoms with Gasteiger partial charge in [-0.1, -0.05) is 6.42 Å². The van der Waals surface area contributed by atoms with E-state index in [0.29, 0.717) is 0 Å². The number of amides is 1. The number of benzene rings is 1. The average molecular weight is 324 g/mol. The van der Waals surface area contributed by atoms with Gasteiger partial charge in [-0.05, 0) is 48.9 Å². The topological polar surface area (TPSA) is 50.2 Å². The summed E-state index contributed by atoms with van der Waals surface area (Å²) in [7, 11) is 1.91. The van der Waals surface area contributed by atoms with Crippen molar-refractivity contribution in [3.05, 3.63) is 47.8 Å². The van der Waals surface area contributed by atoms with Crippen LogP contribution in [0.4, 0.5) is 5.69 Å². The summed E-state index contributed by atoms with van der Waals surface area (Å²) in [5.74, 6) is 1.67. The molecule has 0 radical (unpaired) electrons. The van der Waals surface area contributed by atoms with E-state index in [9.17, 15) is 4.79 Å². The Kier molecular flexibility index (Phi) is 4.00. The highest BCUT2D eigenvalue weighted by atomic mass is 16.2. The Balaban J connectivity index is 1.36. The molecular formula is C19H24N4O. The maximum atomic E-state index is 12.7. The van der Waals surface area contributed by atoms with Gasteiger partial charge >= 0.3 is 0 Å².